The number of aromatic nitrogens is 3. The zero-order chi connectivity index (χ0) is 14.2. The van der Waals surface area contributed by atoms with Crippen LogP contribution in [0.3, 0.4) is 0 Å². The van der Waals surface area contributed by atoms with Gasteiger partial charge in [-0.15, -0.1) is 0 Å². The lowest BCUT2D eigenvalue weighted by molar-refractivity contribution is 0.0953. The summed E-state index contributed by atoms with van der Waals surface area (Å²) in [6.45, 7) is 3.39. The smallest absolute Gasteiger partial charge is 0.252 e. The van der Waals surface area contributed by atoms with Gasteiger partial charge in [-0.25, -0.2) is 4.98 Å². The largest absolute Gasteiger partial charge is 0.370 e. The lowest BCUT2D eigenvalue weighted by Gasteiger charge is -2.06. The maximum atomic E-state index is 11.9. The van der Waals surface area contributed by atoms with Crippen LogP contribution in [0.4, 0.5) is 5.82 Å². The minimum Gasteiger partial charge on any atom is -0.370 e. The molecule has 2 heterocycles. The van der Waals surface area contributed by atoms with Crippen molar-refractivity contribution in [2.75, 3.05) is 18.4 Å². The third-order valence-electron chi connectivity index (χ3n) is 2.61. The molecule has 7 heteroatoms. The molecule has 0 unspecified atom stereocenters. The Hall–Kier alpha value is -2.44. The number of carbonyl (C=O) groups is 1. The molecule has 7 nitrogen and oxygen atoms in total. The molecule has 0 atom stereocenters. The third kappa shape index (κ3) is 4.04. The van der Waals surface area contributed by atoms with Crippen LogP contribution in [0, 0.1) is 0 Å². The second-order valence-electron chi connectivity index (χ2n) is 4.20. The first-order valence-corrected chi connectivity index (χ1v) is 6.53. The van der Waals surface area contributed by atoms with Crippen molar-refractivity contribution in [2.24, 2.45) is 0 Å². The fraction of sp³-hybridized carbons (Fsp3) is 0.385. The highest BCUT2D eigenvalue weighted by Crippen LogP contribution is 2.05. The topological polar surface area (TPSA) is 92.9 Å². The van der Waals surface area contributed by atoms with E-state index in [4.69, 9.17) is 4.52 Å². The number of nitrogens with zero attached hydrogens (tertiary/aromatic N) is 3. The van der Waals surface area contributed by atoms with Gasteiger partial charge in [0.2, 0.25) is 5.89 Å². The van der Waals surface area contributed by atoms with Gasteiger partial charge in [0.1, 0.15) is 5.82 Å². The Balaban J connectivity index is 1.79. The molecule has 0 aliphatic heterocycles. The average molecular weight is 275 g/mol. The van der Waals surface area contributed by atoms with Crippen LogP contribution in [0.1, 0.15) is 29.6 Å². The Morgan fingerprint density at radius 2 is 2.20 bits per heavy atom. The van der Waals surface area contributed by atoms with Crippen LogP contribution in [-0.2, 0) is 6.42 Å². The first-order valence-electron chi connectivity index (χ1n) is 6.53. The summed E-state index contributed by atoms with van der Waals surface area (Å²) in [5, 5.41) is 9.42. The zero-order valence-electron chi connectivity index (χ0n) is 11.3. The van der Waals surface area contributed by atoms with E-state index in [1.165, 1.54) is 6.33 Å². The van der Waals surface area contributed by atoms with Crippen molar-refractivity contribution in [3.8, 4) is 0 Å². The Morgan fingerprint density at radius 3 is 2.85 bits per heavy atom. The molecular formula is C13H17N5O2. The van der Waals surface area contributed by atoms with Crippen molar-refractivity contribution in [2.45, 2.75) is 19.8 Å². The fourth-order valence-electron chi connectivity index (χ4n) is 1.58. The number of rotatable bonds is 7. The van der Waals surface area contributed by atoms with Crippen LogP contribution in [0.2, 0.25) is 0 Å². The van der Waals surface area contributed by atoms with Crippen LogP contribution in [0.5, 0.6) is 0 Å². The van der Waals surface area contributed by atoms with Crippen LogP contribution < -0.4 is 10.6 Å². The summed E-state index contributed by atoms with van der Waals surface area (Å²) in [5.41, 5.74) is 0.526. The van der Waals surface area contributed by atoms with Gasteiger partial charge in [-0.05, 0) is 18.6 Å². The van der Waals surface area contributed by atoms with Crippen molar-refractivity contribution >= 4 is 11.7 Å². The van der Waals surface area contributed by atoms with E-state index in [1.807, 2.05) is 0 Å². The first-order chi connectivity index (χ1) is 9.79. The van der Waals surface area contributed by atoms with Crippen molar-refractivity contribution in [3.05, 3.63) is 36.1 Å². The molecule has 0 aliphatic rings. The minimum atomic E-state index is -0.168. The van der Waals surface area contributed by atoms with Crippen LogP contribution in [0.25, 0.3) is 0 Å². The van der Waals surface area contributed by atoms with Gasteiger partial charge in [0.25, 0.3) is 5.91 Å². The number of hydrogen-bond acceptors (Lipinski definition) is 6. The molecule has 0 bridgehead atoms. The average Bonchev–Trinajstić information content (AvgIpc) is 2.99. The molecule has 0 saturated heterocycles. The van der Waals surface area contributed by atoms with Crippen LogP contribution in [0.15, 0.2) is 29.2 Å². The number of hydrogen-bond donors (Lipinski definition) is 2. The quantitative estimate of drug-likeness (QED) is 0.790. The van der Waals surface area contributed by atoms with E-state index in [2.05, 4.69) is 32.7 Å². The van der Waals surface area contributed by atoms with Crippen LogP contribution in [-0.4, -0.2) is 34.1 Å². The first kappa shape index (κ1) is 14.0. The summed E-state index contributed by atoms with van der Waals surface area (Å²) in [6.07, 6.45) is 4.43. The molecule has 0 aromatic carbocycles. The standard InChI is InChI=1S/C13H17N5O2/c1-2-6-14-11-4-3-10(8-16-11)13(19)15-7-5-12-17-9-18-20-12/h3-4,8-9H,2,5-7H2,1H3,(H,14,16)(H,15,19). The Morgan fingerprint density at radius 1 is 1.30 bits per heavy atom. The normalized spacial score (nSPS) is 10.2. The van der Waals surface area contributed by atoms with E-state index in [9.17, 15) is 4.79 Å². The molecule has 2 aromatic rings. The summed E-state index contributed by atoms with van der Waals surface area (Å²) in [7, 11) is 0. The third-order valence-corrected chi connectivity index (χ3v) is 2.61. The van der Waals surface area contributed by atoms with E-state index in [1.54, 1.807) is 18.3 Å². The maximum Gasteiger partial charge on any atom is 0.252 e. The van der Waals surface area contributed by atoms with Gasteiger partial charge in [0.15, 0.2) is 6.33 Å². The summed E-state index contributed by atoms with van der Waals surface area (Å²) in [4.78, 5) is 19.9. The highest BCUT2D eigenvalue weighted by atomic mass is 16.5. The maximum absolute atomic E-state index is 11.9. The van der Waals surface area contributed by atoms with E-state index < -0.39 is 0 Å². The van der Waals surface area contributed by atoms with Gasteiger partial charge in [-0.1, -0.05) is 12.1 Å². The Labute approximate surface area is 116 Å². The van der Waals surface area contributed by atoms with Crippen molar-refractivity contribution < 1.29 is 9.32 Å². The van der Waals surface area contributed by atoms with E-state index >= 15 is 0 Å². The molecule has 2 N–H and O–H groups in total. The Bertz CT molecular complexity index is 524. The molecule has 2 aromatic heterocycles. The van der Waals surface area contributed by atoms with Gasteiger partial charge >= 0.3 is 0 Å². The summed E-state index contributed by atoms with van der Waals surface area (Å²) in [6, 6.07) is 3.54. The number of amides is 1. The molecule has 106 valence electrons. The lowest BCUT2D eigenvalue weighted by atomic mass is 10.2. The number of pyridine rings is 1. The van der Waals surface area contributed by atoms with Crippen LogP contribution >= 0.6 is 0 Å². The van der Waals surface area contributed by atoms with Gasteiger partial charge < -0.3 is 15.2 Å². The molecule has 1 amide bonds. The molecule has 0 fully saturated rings. The molecule has 20 heavy (non-hydrogen) atoms. The second kappa shape index (κ2) is 7.22. The van der Waals surface area contributed by atoms with E-state index in [-0.39, 0.29) is 5.91 Å². The van der Waals surface area contributed by atoms with Gasteiger partial charge in [-0.2, -0.15) is 4.98 Å². The minimum absolute atomic E-state index is 0.168. The highest BCUT2D eigenvalue weighted by Gasteiger charge is 2.06. The number of carbonyl (C=O) groups excluding carboxylic acids is 1. The molecule has 0 aliphatic carbocycles. The SMILES string of the molecule is CCCNc1ccc(C(=O)NCCc2ncno2)cn1. The summed E-state index contributed by atoms with van der Waals surface area (Å²) >= 11 is 0. The lowest BCUT2D eigenvalue weighted by Crippen LogP contribution is -2.25. The van der Waals surface area contributed by atoms with E-state index in [0.717, 1.165) is 18.8 Å². The number of anilines is 1. The molecule has 2 rings (SSSR count). The Kier molecular flexibility index (Phi) is 5.05. The zero-order valence-corrected chi connectivity index (χ0v) is 11.3. The molecule has 0 saturated carbocycles. The van der Waals surface area contributed by atoms with E-state index in [0.29, 0.717) is 24.4 Å². The van der Waals surface area contributed by atoms with Gasteiger partial charge in [0.05, 0.1) is 5.56 Å². The summed E-state index contributed by atoms with van der Waals surface area (Å²) < 4.78 is 4.84. The monoisotopic (exact) mass is 275 g/mol. The summed E-state index contributed by atoms with van der Waals surface area (Å²) in [5.74, 6) is 1.11. The molecule has 0 spiro atoms. The molecule has 0 radical (unpaired) electrons. The highest BCUT2D eigenvalue weighted by molar-refractivity contribution is 5.94. The predicted molar refractivity (Wildman–Crippen MR) is 73.4 cm³/mol. The van der Waals surface area contributed by atoms with Crippen molar-refractivity contribution in [3.63, 3.8) is 0 Å². The van der Waals surface area contributed by atoms with Gasteiger partial charge in [0, 0.05) is 25.7 Å². The van der Waals surface area contributed by atoms with Crippen molar-refractivity contribution in [1.82, 2.24) is 20.4 Å². The number of nitrogens with one attached hydrogen (secondary N) is 2. The fourth-order valence-corrected chi connectivity index (χ4v) is 1.58. The predicted octanol–water partition coefficient (Wildman–Crippen LogP) is 1.26. The van der Waals surface area contributed by atoms with Gasteiger partial charge in [-0.3, -0.25) is 4.79 Å². The van der Waals surface area contributed by atoms with Crippen molar-refractivity contribution in [1.29, 1.82) is 0 Å². The molecular weight excluding hydrogens is 258 g/mol. The second-order valence-corrected chi connectivity index (χ2v) is 4.20.